The van der Waals surface area contributed by atoms with Gasteiger partial charge in [-0.05, 0) is 32.6 Å². The normalized spacial score (nSPS) is 19.6. The zero-order valence-corrected chi connectivity index (χ0v) is 10.3. The Kier molecular flexibility index (Phi) is 6.16. The lowest BCUT2D eigenvalue weighted by Gasteiger charge is -2.05. The third-order valence-corrected chi connectivity index (χ3v) is 2.80. The summed E-state index contributed by atoms with van der Waals surface area (Å²) in [6.07, 6.45) is 7.50. The fraction of sp³-hybridized carbons (Fsp3) is 0.769. The zero-order chi connectivity index (χ0) is 11.8. The topological polar surface area (TPSA) is 38.8 Å². The van der Waals surface area contributed by atoms with E-state index in [1.54, 1.807) is 0 Å². The van der Waals surface area contributed by atoms with Crippen LogP contribution >= 0.6 is 0 Å². The molecule has 1 unspecified atom stereocenters. The molecule has 16 heavy (non-hydrogen) atoms. The Morgan fingerprint density at radius 1 is 1.44 bits per heavy atom. The van der Waals surface area contributed by atoms with Crippen molar-refractivity contribution in [1.29, 1.82) is 0 Å². The number of carbonyl (C=O) groups excluding carboxylic acids is 1. The predicted molar refractivity (Wildman–Crippen MR) is 63.2 cm³/mol. The number of hydrogen-bond donors (Lipinski definition) is 0. The molecule has 0 amide bonds. The Bertz CT molecular complexity index is 242. The van der Waals surface area contributed by atoms with Crippen LogP contribution in [0.1, 0.15) is 46.0 Å². The van der Waals surface area contributed by atoms with Crippen LogP contribution in [0.4, 0.5) is 0 Å². The second-order valence-electron chi connectivity index (χ2n) is 4.11. The average molecular weight is 226 g/mol. The molecule has 1 fully saturated rings. The lowest BCUT2D eigenvalue weighted by molar-refractivity contribution is -0.139. The molecule has 0 aromatic rings. The minimum atomic E-state index is -0.157. The molecule has 0 bridgehead atoms. The van der Waals surface area contributed by atoms with Crippen molar-refractivity contribution in [3.05, 3.63) is 11.6 Å². The van der Waals surface area contributed by atoms with Crippen LogP contribution in [-0.4, -0.2) is 25.3 Å². The van der Waals surface area contributed by atoms with Gasteiger partial charge in [0.15, 0.2) is 0 Å². The molecule has 0 saturated carbocycles. The van der Waals surface area contributed by atoms with Crippen LogP contribution in [0.3, 0.4) is 0 Å². The van der Waals surface area contributed by atoms with Gasteiger partial charge in [0.25, 0.3) is 0 Å². The summed E-state index contributed by atoms with van der Waals surface area (Å²) in [5.41, 5.74) is 0.770. The summed E-state index contributed by atoms with van der Waals surface area (Å²) in [5.74, 6) is -0.157. The molecular formula is C13H22O3. The van der Waals surface area contributed by atoms with Crippen molar-refractivity contribution in [2.75, 3.05) is 13.2 Å². The maximum Gasteiger partial charge on any atom is 0.333 e. The molecule has 0 N–H and O–H groups in total. The Balaban J connectivity index is 1.94. The van der Waals surface area contributed by atoms with Crippen molar-refractivity contribution in [2.24, 2.45) is 0 Å². The van der Waals surface area contributed by atoms with Crippen LogP contribution in [0, 0.1) is 0 Å². The van der Waals surface area contributed by atoms with Gasteiger partial charge in [0.05, 0.1) is 19.3 Å². The Labute approximate surface area is 97.8 Å². The Morgan fingerprint density at radius 2 is 2.19 bits per heavy atom. The van der Waals surface area contributed by atoms with Gasteiger partial charge >= 0.3 is 5.97 Å². The molecule has 1 atom stereocenters. The quantitative estimate of drug-likeness (QED) is 0.276. The van der Waals surface area contributed by atoms with Gasteiger partial charge in [-0.15, -0.1) is 0 Å². The second kappa shape index (κ2) is 7.44. The predicted octanol–water partition coefficient (Wildman–Crippen LogP) is 2.85. The SMILES string of the molecule is CC=C(CC)C(=O)OCCCCCC1CO1. The van der Waals surface area contributed by atoms with Crippen LogP contribution in [0.2, 0.25) is 0 Å². The Hall–Kier alpha value is -0.830. The zero-order valence-electron chi connectivity index (χ0n) is 10.3. The molecule has 0 aromatic heterocycles. The summed E-state index contributed by atoms with van der Waals surface area (Å²) in [6.45, 7) is 5.32. The minimum Gasteiger partial charge on any atom is -0.462 e. The fourth-order valence-electron chi connectivity index (χ4n) is 1.61. The van der Waals surface area contributed by atoms with E-state index in [4.69, 9.17) is 9.47 Å². The number of rotatable bonds is 8. The first-order valence-electron chi connectivity index (χ1n) is 6.21. The summed E-state index contributed by atoms with van der Waals surface area (Å²) in [6, 6.07) is 0. The van der Waals surface area contributed by atoms with E-state index in [0.717, 1.165) is 37.9 Å². The molecular weight excluding hydrogens is 204 g/mol. The molecule has 0 radical (unpaired) electrons. The highest BCUT2D eigenvalue weighted by Gasteiger charge is 2.20. The summed E-state index contributed by atoms with van der Waals surface area (Å²) in [5, 5.41) is 0. The highest BCUT2D eigenvalue weighted by atomic mass is 16.6. The third-order valence-electron chi connectivity index (χ3n) is 2.80. The number of epoxide rings is 1. The average Bonchev–Trinajstić information content (AvgIpc) is 3.09. The van der Waals surface area contributed by atoms with Gasteiger partial charge in [-0.2, -0.15) is 0 Å². The van der Waals surface area contributed by atoms with E-state index in [9.17, 15) is 4.79 Å². The van der Waals surface area contributed by atoms with Crippen LogP contribution in [-0.2, 0) is 14.3 Å². The molecule has 0 aliphatic carbocycles. The van der Waals surface area contributed by atoms with Crippen molar-refractivity contribution < 1.29 is 14.3 Å². The maximum absolute atomic E-state index is 11.4. The number of hydrogen-bond acceptors (Lipinski definition) is 3. The van der Waals surface area contributed by atoms with E-state index in [-0.39, 0.29) is 5.97 Å². The summed E-state index contributed by atoms with van der Waals surface area (Å²) < 4.78 is 10.3. The molecule has 3 heteroatoms. The molecule has 0 aromatic carbocycles. The van der Waals surface area contributed by atoms with Crippen LogP contribution < -0.4 is 0 Å². The number of esters is 1. The van der Waals surface area contributed by atoms with Gasteiger partial charge in [-0.3, -0.25) is 0 Å². The van der Waals surface area contributed by atoms with Crippen molar-refractivity contribution in [3.8, 4) is 0 Å². The number of unbranched alkanes of at least 4 members (excludes halogenated alkanes) is 2. The highest BCUT2D eigenvalue weighted by molar-refractivity contribution is 5.88. The van der Waals surface area contributed by atoms with E-state index in [0.29, 0.717) is 12.7 Å². The van der Waals surface area contributed by atoms with Gasteiger partial charge in [-0.25, -0.2) is 4.79 Å². The summed E-state index contributed by atoms with van der Waals surface area (Å²) in [7, 11) is 0. The standard InChI is InChI=1S/C13H22O3/c1-3-11(4-2)13(14)15-9-7-5-6-8-12-10-16-12/h3,12H,4-10H2,1-2H3. The highest BCUT2D eigenvalue weighted by Crippen LogP contribution is 2.17. The maximum atomic E-state index is 11.4. The van der Waals surface area contributed by atoms with Crippen LogP contribution in [0.15, 0.2) is 11.6 Å². The largest absolute Gasteiger partial charge is 0.462 e. The number of allylic oxidation sites excluding steroid dienone is 1. The summed E-state index contributed by atoms with van der Waals surface area (Å²) in [4.78, 5) is 11.4. The Morgan fingerprint density at radius 3 is 2.75 bits per heavy atom. The molecule has 1 rings (SSSR count). The van der Waals surface area contributed by atoms with E-state index in [1.165, 1.54) is 6.42 Å². The molecule has 1 aliphatic heterocycles. The van der Waals surface area contributed by atoms with Gasteiger partial charge in [0, 0.05) is 5.57 Å². The van der Waals surface area contributed by atoms with E-state index >= 15 is 0 Å². The van der Waals surface area contributed by atoms with Gasteiger partial charge in [-0.1, -0.05) is 19.4 Å². The van der Waals surface area contributed by atoms with Gasteiger partial charge in [0.2, 0.25) is 0 Å². The van der Waals surface area contributed by atoms with E-state index in [2.05, 4.69) is 0 Å². The molecule has 1 heterocycles. The van der Waals surface area contributed by atoms with Crippen molar-refractivity contribution in [3.63, 3.8) is 0 Å². The lowest BCUT2D eigenvalue weighted by atomic mass is 10.1. The smallest absolute Gasteiger partial charge is 0.333 e. The molecule has 3 nitrogen and oxygen atoms in total. The first-order valence-corrected chi connectivity index (χ1v) is 6.21. The van der Waals surface area contributed by atoms with E-state index in [1.807, 2.05) is 19.9 Å². The lowest BCUT2D eigenvalue weighted by Crippen LogP contribution is -2.08. The molecule has 0 spiro atoms. The summed E-state index contributed by atoms with van der Waals surface area (Å²) >= 11 is 0. The van der Waals surface area contributed by atoms with Gasteiger partial charge in [0.1, 0.15) is 0 Å². The van der Waals surface area contributed by atoms with Crippen molar-refractivity contribution in [1.82, 2.24) is 0 Å². The number of carbonyl (C=O) groups is 1. The molecule has 1 aliphatic rings. The van der Waals surface area contributed by atoms with Crippen LogP contribution in [0.5, 0.6) is 0 Å². The van der Waals surface area contributed by atoms with Gasteiger partial charge < -0.3 is 9.47 Å². The molecule has 92 valence electrons. The second-order valence-corrected chi connectivity index (χ2v) is 4.11. The molecule has 1 saturated heterocycles. The third kappa shape index (κ3) is 5.31. The van der Waals surface area contributed by atoms with Crippen LogP contribution in [0.25, 0.3) is 0 Å². The number of ether oxygens (including phenoxy) is 2. The van der Waals surface area contributed by atoms with Crippen molar-refractivity contribution >= 4 is 5.97 Å². The minimum absolute atomic E-state index is 0.157. The monoisotopic (exact) mass is 226 g/mol. The first-order chi connectivity index (χ1) is 7.77. The fourth-order valence-corrected chi connectivity index (χ4v) is 1.61. The van der Waals surface area contributed by atoms with E-state index < -0.39 is 0 Å². The van der Waals surface area contributed by atoms with Crippen molar-refractivity contribution in [2.45, 2.75) is 52.1 Å². The first kappa shape index (κ1) is 13.2.